The second-order valence-electron chi connectivity index (χ2n) is 12.7. The zero-order valence-corrected chi connectivity index (χ0v) is 25.4. The molecule has 5 nitrogen and oxygen atoms in total. The second kappa shape index (κ2) is 8.20. The van der Waals surface area contributed by atoms with Crippen molar-refractivity contribution in [2.75, 3.05) is 0 Å². The number of aromatic nitrogens is 4. The minimum atomic E-state index is -0.683. The van der Waals surface area contributed by atoms with E-state index in [0.717, 1.165) is 22.9 Å². The highest BCUT2D eigenvalue weighted by molar-refractivity contribution is 6.12. The summed E-state index contributed by atoms with van der Waals surface area (Å²) in [5.41, 5.74) is 14.0. The summed E-state index contributed by atoms with van der Waals surface area (Å²) < 4.78 is 16.6. The molecule has 5 aromatic carbocycles. The average Bonchev–Trinajstić information content (AvgIpc) is 3.70. The first-order valence-electron chi connectivity index (χ1n) is 15.9. The fraction of sp³-hybridized carbons (Fsp3) is 0.0732. The quantitative estimate of drug-likeness (QED) is 0.186. The molecule has 1 unspecified atom stereocenters. The van der Waals surface area contributed by atoms with Crippen molar-refractivity contribution in [1.82, 2.24) is 9.25 Å². The molecule has 1 spiro atoms. The highest BCUT2D eigenvalue weighted by Crippen LogP contribution is 2.55. The van der Waals surface area contributed by atoms with Crippen LogP contribution in [0.1, 0.15) is 22.5 Å². The fourth-order valence-electron chi connectivity index (χ4n) is 8.86. The van der Waals surface area contributed by atoms with E-state index in [1.165, 1.54) is 66.7 Å². The van der Waals surface area contributed by atoms with E-state index in [1.54, 1.807) is 0 Å². The zero-order chi connectivity index (χ0) is 30.3. The molecule has 1 atom stereocenters. The van der Waals surface area contributed by atoms with Gasteiger partial charge in [0.15, 0.2) is 23.1 Å². The number of ether oxygens (including phenoxy) is 1. The van der Waals surface area contributed by atoms with Crippen LogP contribution in [0.3, 0.4) is 0 Å². The van der Waals surface area contributed by atoms with Gasteiger partial charge >= 0.3 is 11.5 Å². The molecule has 0 bridgehead atoms. The molecular weight excluding hydrogens is 564 g/mol. The topological polar surface area (TPSA) is 26.8 Å². The van der Waals surface area contributed by atoms with Gasteiger partial charge in [-0.2, -0.15) is 0 Å². The maximum Gasteiger partial charge on any atom is 0.449 e. The molecule has 6 heterocycles. The van der Waals surface area contributed by atoms with Gasteiger partial charge in [0.05, 0.1) is 34.0 Å². The summed E-state index contributed by atoms with van der Waals surface area (Å²) in [5.74, 6) is 1.72. The smallest absolute Gasteiger partial charge is 0.404 e. The van der Waals surface area contributed by atoms with Crippen molar-refractivity contribution in [2.24, 2.45) is 0 Å². The van der Waals surface area contributed by atoms with Crippen LogP contribution >= 0.6 is 0 Å². The van der Waals surface area contributed by atoms with E-state index >= 15 is 0 Å². The normalized spacial score (nSPS) is 16.3. The lowest BCUT2D eigenvalue weighted by Crippen LogP contribution is -2.77. The van der Waals surface area contributed by atoms with Gasteiger partial charge in [-0.25, -0.2) is 0 Å². The first kappa shape index (κ1) is 24.4. The highest BCUT2D eigenvalue weighted by Gasteiger charge is 2.71. The standard InChI is InChI=1S/C41H28N4O/c1-25-37(29-20-18-28(19-21-29)27-11-4-3-5-12-27)26(2)45-41-38-33(15-10-16-35(38)46-36-17-8-9-24-42(36)41)43-32-14-7-6-13-30(32)31-22-23-34(44(25)45)39(41)40(31)43/h3-24H,1-2H3/q+2. The Balaban J connectivity index is 1.30. The van der Waals surface area contributed by atoms with Crippen LogP contribution in [0.4, 0.5) is 0 Å². The molecule has 0 radical (unpaired) electrons. The number of benzene rings is 5. The molecule has 0 fully saturated rings. The van der Waals surface area contributed by atoms with Crippen LogP contribution in [-0.2, 0) is 5.66 Å². The number of pyridine rings is 1. The second-order valence-corrected chi connectivity index (χ2v) is 12.7. The summed E-state index contributed by atoms with van der Waals surface area (Å²) in [5, 5.41) is 2.54. The molecular formula is C41H28N4O+2. The van der Waals surface area contributed by atoms with Gasteiger partial charge in [0.1, 0.15) is 5.69 Å². The molecule has 11 rings (SSSR count). The predicted molar refractivity (Wildman–Crippen MR) is 179 cm³/mol. The monoisotopic (exact) mass is 592 g/mol. The number of para-hydroxylation sites is 1. The van der Waals surface area contributed by atoms with E-state index in [0.29, 0.717) is 0 Å². The van der Waals surface area contributed by atoms with Crippen LogP contribution < -0.4 is 14.0 Å². The minimum absolute atomic E-state index is 0.683. The molecule has 8 aromatic rings. The summed E-state index contributed by atoms with van der Waals surface area (Å²) in [6.07, 6.45) is 2.19. The number of hydrogen-bond acceptors (Lipinski definition) is 1. The van der Waals surface area contributed by atoms with E-state index in [9.17, 15) is 0 Å². The van der Waals surface area contributed by atoms with E-state index in [1.807, 2.05) is 0 Å². The molecule has 46 heavy (non-hydrogen) atoms. The van der Waals surface area contributed by atoms with Crippen molar-refractivity contribution < 1.29 is 14.0 Å². The summed E-state index contributed by atoms with van der Waals surface area (Å²) in [4.78, 5) is 0. The third-order valence-electron chi connectivity index (χ3n) is 10.5. The minimum Gasteiger partial charge on any atom is -0.404 e. The first-order chi connectivity index (χ1) is 22.7. The van der Waals surface area contributed by atoms with Crippen molar-refractivity contribution in [3.63, 3.8) is 0 Å². The van der Waals surface area contributed by atoms with Crippen LogP contribution in [-0.4, -0.2) is 9.25 Å². The van der Waals surface area contributed by atoms with Crippen molar-refractivity contribution in [2.45, 2.75) is 19.5 Å². The zero-order valence-electron chi connectivity index (χ0n) is 25.4. The molecule has 0 amide bonds. The first-order valence-corrected chi connectivity index (χ1v) is 15.9. The van der Waals surface area contributed by atoms with Gasteiger partial charge in [-0.1, -0.05) is 83.4 Å². The Morgan fingerprint density at radius 3 is 2.24 bits per heavy atom. The van der Waals surface area contributed by atoms with Gasteiger partial charge in [0, 0.05) is 23.8 Å². The van der Waals surface area contributed by atoms with Gasteiger partial charge in [0.25, 0.3) is 0 Å². The summed E-state index contributed by atoms with van der Waals surface area (Å²) in [6.45, 7) is 4.56. The molecule has 5 heteroatoms. The average molecular weight is 593 g/mol. The van der Waals surface area contributed by atoms with E-state index in [-0.39, 0.29) is 0 Å². The summed E-state index contributed by atoms with van der Waals surface area (Å²) in [6, 6.07) is 45.9. The van der Waals surface area contributed by atoms with Crippen LogP contribution in [0.15, 0.2) is 134 Å². The van der Waals surface area contributed by atoms with Crippen LogP contribution in [0.5, 0.6) is 11.6 Å². The van der Waals surface area contributed by atoms with Gasteiger partial charge < -0.3 is 9.30 Å². The van der Waals surface area contributed by atoms with Crippen molar-refractivity contribution in [3.8, 4) is 45.3 Å². The predicted octanol–water partition coefficient (Wildman–Crippen LogP) is 8.13. The Morgan fingerprint density at radius 2 is 1.37 bits per heavy atom. The van der Waals surface area contributed by atoms with Crippen molar-refractivity contribution in [3.05, 3.63) is 156 Å². The highest BCUT2D eigenvalue weighted by atomic mass is 16.5. The van der Waals surface area contributed by atoms with Gasteiger partial charge in [-0.05, 0) is 64.7 Å². The van der Waals surface area contributed by atoms with Gasteiger partial charge in [0.2, 0.25) is 5.69 Å². The Morgan fingerprint density at radius 1 is 0.609 bits per heavy atom. The molecule has 3 aromatic heterocycles. The van der Waals surface area contributed by atoms with Crippen LogP contribution in [0.2, 0.25) is 0 Å². The maximum atomic E-state index is 6.73. The number of fused-ring (bicyclic) bond motifs is 7. The third kappa shape index (κ3) is 2.63. The number of nitrogens with zero attached hydrogens (tertiary/aromatic N) is 4. The molecule has 3 aliphatic heterocycles. The molecule has 216 valence electrons. The van der Waals surface area contributed by atoms with Crippen LogP contribution in [0, 0.1) is 13.8 Å². The van der Waals surface area contributed by atoms with E-state index in [2.05, 4.69) is 166 Å². The number of hydrogen-bond donors (Lipinski definition) is 0. The fourth-order valence-corrected chi connectivity index (χ4v) is 8.86. The molecule has 0 N–H and O–H groups in total. The van der Waals surface area contributed by atoms with Crippen LogP contribution in [0.25, 0.3) is 55.4 Å². The lowest BCUT2D eigenvalue weighted by atomic mass is 9.83. The SMILES string of the molecule is Cc1c(-c2ccc(-c3ccccc3)cc2)c(C)[n+]2n1-c1ccc3c4ccccc4n4c3c1C21c2c(cccc2-4)Oc2cccc[n+]21. The Hall–Kier alpha value is -5.94. The molecule has 0 aliphatic carbocycles. The third-order valence-corrected chi connectivity index (χ3v) is 10.5. The van der Waals surface area contributed by atoms with Gasteiger partial charge in [-0.3, -0.25) is 0 Å². The van der Waals surface area contributed by atoms with Crippen molar-refractivity contribution in [1.29, 1.82) is 0 Å². The Bertz CT molecular complexity index is 2630. The summed E-state index contributed by atoms with van der Waals surface area (Å²) in [7, 11) is 0. The lowest BCUT2D eigenvalue weighted by Gasteiger charge is -2.32. The van der Waals surface area contributed by atoms with Crippen molar-refractivity contribution >= 4 is 21.8 Å². The molecule has 3 aliphatic rings. The summed E-state index contributed by atoms with van der Waals surface area (Å²) >= 11 is 0. The number of rotatable bonds is 2. The molecule has 0 saturated carbocycles. The molecule has 0 saturated heterocycles. The Labute approximate surface area is 265 Å². The maximum absolute atomic E-state index is 6.73. The van der Waals surface area contributed by atoms with Gasteiger partial charge in [-0.15, -0.1) is 4.68 Å². The Kier molecular flexibility index (Phi) is 4.35. The lowest BCUT2D eigenvalue weighted by molar-refractivity contribution is -0.999. The van der Waals surface area contributed by atoms with E-state index in [4.69, 9.17) is 4.74 Å². The van der Waals surface area contributed by atoms with E-state index < -0.39 is 5.66 Å². The largest absolute Gasteiger partial charge is 0.449 e.